The lowest BCUT2D eigenvalue weighted by atomic mass is 10.2. The van der Waals surface area contributed by atoms with Gasteiger partial charge in [-0.1, -0.05) is 24.8 Å². The van der Waals surface area contributed by atoms with E-state index in [9.17, 15) is 4.79 Å². The second-order valence-electron chi connectivity index (χ2n) is 3.06. The molecule has 1 N–H and O–H groups in total. The molecule has 1 rings (SSSR count). The fourth-order valence-electron chi connectivity index (χ4n) is 1.03. The first kappa shape index (κ1) is 12.3. The smallest absolute Gasteiger partial charge is 0.344 e. The average Bonchev–Trinajstić information content (AvgIpc) is 2.34. The highest BCUT2D eigenvalue weighted by molar-refractivity contribution is 5.71. The molecule has 4 nitrogen and oxygen atoms in total. The van der Waals surface area contributed by atoms with Crippen molar-refractivity contribution in [2.45, 2.75) is 6.61 Å². The van der Waals surface area contributed by atoms with Gasteiger partial charge in [0.05, 0.1) is 6.61 Å². The van der Waals surface area contributed by atoms with E-state index >= 15 is 0 Å². The van der Waals surface area contributed by atoms with Crippen molar-refractivity contribution in [3.8, 4) is 5.75 Å². The van der Waals surface area contributed by atoms with Crippen LogP contribution in [-0.2, 0) is 16.1 Å². The zero-order chi connectivity index (χ0) is 11.8. The maximum Gasteiger partial charge on any atom is 0.344 e. The number of carbonyl (C=O) groups is 1. The number of ether oxygens (including phenoxy) is 2. The molecule has 0 aliphatic carbocycles. The van der Waals surface area contributed by atoms with E-state index in [0.29, 0.717) is 5.75 Å². The molecule has 0 radical (unpaired) electrons. The zero-order valence-electron chi connectivity index (χ0n) is 8.89. The topological polar surface area (TPSA) is 55.8 Å². The van der Waals surface area contributed by atoms with Crippen molar-refractivity contribution in [2.24, 2.45) is 0 Å². The third kappa shape index (κ3) is 4.14. The van der Waals surface area contributed by atoms with Gasteiger partial charge in [0.2, 0.25) is 0 Å². The van der Waals surface area contributed by atoms with Crippen LogP contribution < -0.4 is 4.74 Å². The summed E-state index contributed by atoms with van der Waals surface area (Å²) in [6.45, 7) is 3.47. The Labute approximate surface area is 94.1 Å². The molecule has 0 amide bonds. The summed E-state index contributed by atoms with van der Waals surface area (Å²) in [6, 6.07) is 6.83. The van der Waals surface area contributed by atoms with Crippen LogP contribution in [0, 0.1) is 0 Å². The van der Waals surface area contributed by atoms with Crippen molar-refractivity contribution in [3.63, 3.8) is 0 Å². The number of esters is 1. The molecule has 0 saturated carbocycles. The van der Waals surface area contributed by atoms with Gasteiger partial charge < -0.3 is 14.6 Å². The minimum absolute atomic E-state index is 0.0122. The Balaban J connectivity index is 2.36. The Bertz CT molecular complexity index is 343. The number of hydrogen-bond acceptors (Lipinski definition) is 4. The highest BCUT2D eigenvalue weighted by Crippen LogP contribution is 2.11. The van der Waals surface area contributed by atoms with Crippen LogP contribution in [0.15, 0.2) is 36.9 Å². The van der Waals surface area contributed by atoms with Crippen molar-refractivity contribution in [1.29, 1.82) is 0 Å². The summed E-state index contributed by atoms with van der Waals surface area (Å²) in [4.78, 5) is 11.1. The van der Waals surface area contributed by atoms with E-state index < -0.39 is 5.97 Å². The number of aliphatic hydroxyl groups excluding tert-OH is 1. The molecule has 0 bridgehead atoms. The highest BCUT2D eigenvalue weighted by Gasteiger charge is 2.02. The van der Waals surface area contributed by atoms with E-state index in [1.54, 1.807) is 24.3 Å². The Morgan fingerprint density at radius 2 is 2.06 bits per heavy atom. The van der Waals surface area contributed by atoms with E-state index in [-0.39, 0.29) is 19.8 Å². The van der Waals surface area contributed by atoms with Gasteiger partial charge in [-0.05, 0) is 17.7 Å². The van der Waals surface area contributed by atoms with E-state index in [1.807, 2.05) is 0 Å². The first-order valence-electron chi connectivity index (χ1n) is 4.85. The van der Waals surface area contributed by atoms with Gasteiger partial charge in [0.15, 0.2) is 6.61 Å². The summed E-state index contributed by atoms with van der Waals surface area (Å²) < 4.78 is 9.91. The van der Waals surface area contributed by atoms with Gasteiger partial charge in [0.25, 0.3) is 0 Å². The monoisotopic (exact) mass is 222 g/mol. The largest absolute Gasteiger partial charge is 0.482 e. The van der Waals surface area contributed by atoms with Crippen molar-refractivity contribution >= 4 is 5.97 Å². The van der Waals surface area contributed by atoms with Crippen LogP contribution in [0.4, 0.5) is 0 Å². The summed E-state index contributed by atoms with van der Waals surface area (Å²) in [5.74, 6) is 0.124. The van der Waals surface area contributed by atoms with E-state index in [0.717, 1.165) is 5.56 Å². The molecule has 0 heterocycles. The molecule has 1 aromatic carbocycles. The first-order valence-corrected chi connectivity index (χ1v) is 4.85. The molecule has 4 heteroatoms. The van der Waals surface area contributed by atoms with Crippen LogP contribution in [0.2, 0.25) is 0 Å². The SMILES string of the molecule is C=CCOC(=O)COc1ccc(CO)cc1. The van der Waals surface area contributed by atoms with Gasteiger partial charge in [-0.15, -0.1) is 0 Å². The average molecular weight is 222 g/mol. The molecule has 0 spiro atoms. The summed E-state index contributed by atoms with van der Waals surface area (Å²) in [6.07, 6.45) is 1.49. The summed E-state index contributed by atoms with van der Waals surface area (Å²) in [7, 11) is 0. The normalized spacial score (nSPS) is 9.56. The molecule has 0 aliphatic heterocycles. The predicted octanol–water partition coefficient (Wildman–Crippen LogP) is 1.29. The molecule has 16 heavy (non-hydrogen) atoms. The van der Waals surface area contributed by atoms with Gasteiger partial charge in [-0.2, -0.15) is 0 Å². The number of aliphatic hydroxyl groups is 1. The first-order chi connectivity index (χ1) is 7.76. The fourth-order valence-corrected chi connectivity index (χ4v) is 1.03. The second-order valence-corrected chi connectivity index (χ2v) is 3.06. The van der Waals surface area contributed by atoms with Crippen molar-refractivity contribution in [2.75, 3.05) is 13.2 Å². The third-order valence-electron chi connectivity index (χ3n) is 1.82. The Kier molecular flexibility index (Phi) is 5.08. The van der Waals surface area contributed by atoms with Crippen LogP contribution in [0.3, 0.4) is 0 Å². The van der Waals surface area contributed by atoms with Crippen LogP contribution in [0.1, 0.15) is 5.56 Å². The Hall–Kier alpha value is -1.81. The van der Waals surface area contributed by atoms with Crippen molar-refractivity contribution in [3.05, 3.63) is 42.5 Å². The molecular formula is C12H14O4. The van der Waals surface area contributed by atoms with Gasteiger partial charge >= 0.3 is 5.97 Å². The molecule has 0 atom stereocenters. The maximum absolute atomic E-state index is 11.1. The van der Waals surface area contributed by atoms with Gasteiger partial charge in [0, 0.05) is 0 Å². The molecule has 0 aliphatic rings. The number of rotatable bonds is 6. The molecular weight excluding hydrogens is 208 g/mol. The lowest BCUT2D eigenvalue weighted by Crippen LogP contribution is -2.14. The predicted molar refractivity (Wildman–Crippen MR) is 59.0 cm³/mol. The fraction of sp³-hybridized carbons (Fsp3) is 0.250. The van der Waals surface area contributed by atoms with Crippen LogP contribution in [0.25, 0.3) is 0 Å². The summed E-state index contributed by atoms with van der Waals surface area (Å²) in [5.41, 5.74) is 0.793. The minimum atomic E-state index is -0.439. The summed E-state index contributed by atoms with van der Waals surface area (Å²) in [5, 5.41) is 8.82. The molecule has 86 valence electrons. The Morgan fingerprint density at radius 3 is 2.62 bits per heavy atom. The lowest BCUT2D eigenvalue weighted by molar-refractivity contribution is -0.144. The molecule has 0 fully saturated rings. The second kappa shape index (κ2) is 6.63. The molecule has 0 saturated heterocycles. The summed E-state index contributed by atoms with van der Waals surface area (Å²) >= 11 is 0. The van der Waals surface area contributed by atoms with E-state index in [1.165, 1.54) is 6.08 Å². The lowest BCUT2D eigenvalue weighted by Gasteiger charge is -2.06. The standard InChI is InChI=1S/C12H14O4/c1-2-7-15-12(14)9-16-11-5-3-10(8-13)4-6-11/h2-6,13H,1,7-9H2. The van der Waals surface area contributed by atoms with Gasteiger partial charge in [-0.3, -0.25) is 0 Å². The minimum Gasteiger partial charge on any atom is -0.482 e. The van der Waals surface area contributed by atoms with Crippen LogP contribution >= 0.6 is 0 Å². The van der Waals surface area contributed by atoms with E-state index in [4.69, 9.17) is 14.6 Å². The quantitative estimate of drug-likeness (QED) is 0.582. The van der Waals surface area contributed by atoms with Crippen LogP contribution in [0.5, 0.6) is 5.75 Å². The van der Waals surface area contributed by atoms with E-state index in [2.05, 4.69) is 6.58 Å². The van der Waals surface area contributed by atoms with Crippen LogP contribution in [-0.4, -0.2) is 24.3 Å². The molecule has 0 unspecified atom stereocenters. The third-order valence-corrected chi connectivity index (χ3v) is 1.82. The molecule has 0 aromatic heterocycles. The van der Waals surface area contributed by atoms with Gasteiger partial charge in [0.1, 0.15) is 12.4 Å². The maximum atomic E-state index is 11.1. The Morgan fingerprint density at radius 1 is 1.38 bits per heavy atom. The van der Waals surface area contributed by atoms with Gasteiger partial charge in [-0.25, -0.2) is 4.79 Å². The van der Waals surface area contributed by atoms with Crippen molar-refractivity contribution < 1.29 is 19.4 Å². The highest BCUT2D eigenvalue weighted by atomic mass is 16.6. The molecule has 1 aromatic rings. The number of hydrogen-bond donors (Lipinski definition) is 1. The van der Waals surface area contributed by atoms with Crippen molar-refractivity contribution in [1.82, 2.24) is 0 Å². The zero-order valence-corrected chi connectivity index (χ0v) is 8.89. The number of benzene rings is 1. The number of carbonyl (C=O) groups excluding carboxylic acids is 1.